The summed E-state index contributed by atoms with van der Waals surface area (Å²) in [6.07, 6.45) is 13.5. The summed E-state index contributed by atoms with van der Waals surface area (Å²) in [5, 5.41) is 16.4. The topological polar surface area (TPSA) is 103 Å². The van der Waals surface area contributed by atoms with Gasteiger partial charge < -0.3 is 30.3 Å². The Hall–Kier alpha value is -4.31. The van der Waals surface area contributed by atoms with Crippen LogP contribution in [0.5, 0.6) is 0 Å². The predicted molar refractivity (Wildman–Crippen MR) is 279 cm³/mol. The van der Waals surface area contributed by atoms with E-state index in [0.717, 1.165) is 88.0 Å². The standard InChI is InChI=1S/C30H43N3O2.C28H41N3O/c1-22(34)35-19-7-6-17-31-24-10-9-18-33(21-24)28-12-8-11-27(32-28)23-13-14-25-26(20-23)30(4,5)16-15-29(25,2)3;1-27(2)14-15-28(3,4)24-19-21(12-13-23(24)27)25-10-7-11-26(30-25)31-17-8-9-22(20-31)29-16-5-6-18-32/h8,11-14,20,24,31H,6-7,9-10,15-19,21H2,1-5H3;7,10-13,19,22,29,32H,5-6,8-9,14-18,20H2,1-4H3. The number of aromatic nitrogens is 2. The van der Waals surface area contributed by atoms with E-state index in [9.17, 15) is 4.79 Å². The van der Waals surface area contributed by atoms with Crippen LogP contribution in [0.25, 0.3) is 22.5 Å². The molecule has 2 unspecified atom stereocenters. The first kappa shape index (κ1) is 50.6. The van der Waals surface area contributed by atoms with Gasteiger partial charge in [0.1, 0.15) is 11.6 Å². The number of pyridine rings is 2. The number of hydrogen-bond donors (Lipinski definition) is 3. The number of anilines is 2. The zero-order valence-electron chi connectivity index (χ0n) is 42.8. The molecule has 3 N–H and O–H groups in total. The number of ether oxygens (including phenoxy) is 1. The molecule has 2 aliphatic carbocycles. The van der Waals surface area contributed by atoms with Crippen LogP contribution < -0.4 is 20.4 Å². The van der Waals surface area contributed by atoms with Gasteiger partial charge in [-0.2, -0.15) is 0 Å². The van der Waals surface area contributed by atoms with Crippen molar-refractivity contribution in [3.8, 4) is 22.5 Å². The number of esters is 1. The van der Waals surface area contributed by atoms with E-state index in [2.05, 4.69) is 149 Å². The van der Waals surface area contributed by atoms with Crippen molar-refractivity contribution in [2.24, 2.45) is 0 Å². The molecule has 2 atom stereocenters. The number of fused-ring (bicyclic) bond motifs is 2. The number of nitrogens with zero attached hydrogens (tertiary/aromatic N) is 4. The van der Waals surface area contributed by atoms with Gasteiger partial charge in [-0.15, -0.1) is 0 Å². The average molecular weight is 913 g/mol. The predicted octanol–water partition coefficient (Wildman–Crippen LogP) is 11.4. The fourth-order valence-electron chi connectivity index (χ4n) is 11.0. The third-order valence-corrected chi connectivity index (χ3v) is 15.6. The van der Waals surface area contributed by atoms with Crippen LogP contribution in [0.1, 0.15) is 162 Å². The van der Waals surface area contributed by atoms with Gasteiger partial charge in [-0.05, 0) is 170 Å². The number of nitrogens with one attached hydrogen (secondary N) is 2. The van der Waals surface area contributed by atoms with Gasteiger partial charge in [0.25, 0.3) is 0 Å². The SMILES string of the molecule is CC(=O)OCCCCNC1CCCN(c2cccc(-c3ccc4c(c3)C(C)(C)CCC4(C)C)n2)C1.CC1(C)CCC(C)(C)c2cc(-c3cccc(N4CCCC(NCCCCO)C4)n3)ccc21. The summed E-state index contributed by atoms with van der Waals surface area (Å²) >= 11 is 0. The third kappa shape index (κ3) is 12.9. The molecule has 0 bridgehead atoms. The molecule has 2 aliphatic heterocycles. The highest BCUT2D eigenvalue weighted by molar-refractivity contribution is 5.67. The Morgan fingerprint density at radius 2 is 1.04 bits per heavy atom. The fourth-order valence-corrected chi connectivity index (χ4v) is 11.0. The van der Waals surface area contributed by atoms with Gasteiger partial charge >= 0.3 is 5.97 Å². The van der Waals surface area contributed by atoms with Gasteiger partial charge in [0.2, 0.25) is 0 Å². The second-order valence-electron chi connectivity index (χ2n) is 22.8. The minimum atomic E-state index is -0.196. The fraction of sp³-hybridized carbons (Fsp3) is 0.603. The van der Waals surface area contributed by atoms with E-state index in [-0.39, 0.29) is 34.2 Å². The summed E-state index contributed by atoms with van der Waals surface area (Å²) in [5.41, 5.74) is 11.4. The lowest BCUT2D eigenvalue weighted by Gasteiger charge is -2.42. The number of unbranched alkanes of at least 4 members (excludes halogenated alkanes) is 2. The number of carbonyl (C=O) groups is 1. The normalized spacial score (nSPS) is 21.3. The van der Waals surface area contributed by atoms with Crippen LogP contribution in [0.4, 0.5) is 11.6 Å². The van der Waals surface area contributed by atoms with Crippen LogP contribution in [0.2, 0.25) is 0 Å². The van der Waals surface area contributed by atoms with Crippen LogP contribution in [0.15, 0.2) is 72.8 Å². The van der Waals surface area contributed by atoms with E-state index in [0.29, 0.717) is 18.7 Å². The molecule has 0 amide bonds. The minimum absolute atomic E-state index is 0.196. The number of rotatable bonds is 15. The van der Waals surface area contributed by atoms with E-state index in [1.807, 2.05) is 0 Å². The Morgan fingerprint density at radius 1 is 0.612 bits per heavy atom. The van der Waals surface area contributed by atoms with Crippen LogP contribution in [0, 0.1) is 0 Å². The summed E-state index contributed by atoms with van der Waals surface area (Å²) < 4.78 is 5.03. The van der Waals surface area contributed by atoms with Gasteiger partial charge in [0, 0.05) is 62.9 Å². The van der Waals surface area contributed by atoms with Crippen molar-refractivity contribution >= 4 is 17.6 Å². The highest BCUT2D eigenvalue weighted by atomic mass is 16.5. The Labute approximate surface area is 404 Å². The maximum absolute atomic E-state index is 10.9. The van der Waals surface area contributed by atoms with Crippen molar-refractivity contribution in [2.75, 3.05) is 62.3 Å². The largest absolute Gasteiger partial charge is 0.466 e. The molecular weight excluding hydrogens is 829 g/mol. The molecule has 4 aromatic rings. The lowest BCUT2D eigenvalue weighted by atomic mass is 9.63. The van der Waals surface area contributed by atoms with E-state index >= 15 is 0 Å². The van der Waals surface area contributed by atoms with Crippen molar-refractivity contribution in [1.82, 2.24) is 20.6 Å². The molecule has 364 valence electrons. The quantitative estimate of drug-likeness (QED) is 0.0795. The van der Waals surface area contributed by atoms with Gasteiger partial charge in [-0.3, -0.25) is 4.79 Å². The van der Waals surface area contributed by atoms with Crippen LogP contribution >= 0.6 is 0 Å². The second kappa shape index (κ2) is 22.0. The van der Waals surface area contributed by atoms with Crippen molar-refractivity contribution < 1.29 is 14.6 Å². The van der Waals surface area contributed by atoms with Crippen molar-refractivity contribution in [2.45, 2.75) is 173 Å². The minimum Gasteiger partial charge on any atom is -0.466 e. The molecule has 2 fully saturated rings. The number of hydrogen-bond acceptors (Lipinski definition) is 9. The number of benzene rings is 2. The van der Waals surface area contributed by atoms with E-state index in [1.165, 1.54) is 91.7 Å². The van der Waals surface area contributed by atoms with Crippen LogP contribution in [-0.4, -0.2) is 85.6 Å². The molecule has 9 nitrogen and oxygen atoms in total. The zero-order valence-corrected chi connectivity index (χ0v) is 42.8. The molecule has 0 saturated carbocycles. The Balaban J connectivity index is 0.000000200. The second-order valence-corrected chi connectivity index (χ2v) is 22.8. The molecule has 0 radical (unpaired) electrons. The Kier molecular flexibility index (Phi) is 16.6. The van der Waals surface area contributed by atoms with E-state index in [1.54, 1.807) is 0 Å². The summed E-state index contributed by atoms with van der Waals surface area (Å²) in [6.45, 7) is 27.3. The number of aliphatic hydroxyl groups is 1. The van der Waals surface area contributed by atoms with Crippen molar-refractivity contribution in [1.29, 1.82) is 0 Å². The van der Waals surface area contributed by atoms with Crippen LogP contribution in [0.3, 0.4) is 0 Å². The highest BCUT2D eigenvalue weighted by Crippen LogP contribution is 2.48. The number of piperidine rings is 2. The zero-order chi connectivity index (χ0) is 47.8. The maximum atomic E-state index is 10.9. The molecule has 4 aliphatic rings. The first-order valence-electron chi connectivity index (χ1n) is 25.9. The summed E-state index contributed by atoms with van der Waals surface area (Å²) in [4.78, 5) is 26.0. The lowest BCUT2D eigenvalue weighted by molar-refractivity contribution is -0.141. The first-order valence-corrected chi connectivity index (χ1v) is 25.9. The Bertz CT molecular complexity index is 2270. The highest BCUT2D eigenvalue weighted by Gasteiger charge is 2.38. The van der Waals surface area contributed by atoms with Gasteiger partial charge in [0.15, 0.2) is 0 Å². The lowest BCUT2D eigenvalue weighted by Crippen LogP contribution is -2.46. The molecule has 2 aromatic carbocycles. The average Bonchev–Trinajstić information content (AvgIpc) is 3.32. The number of aliphatic hydroxyl groups excluding tert-OH is 1. The van der Waals surface area contributed by atoms with Gasteiger partial charge in [0.05, 0.1) is 18.0 Å². The molecule has 2 aromatic heterocycles. The number of carbonyl (C=O) groups excluding carboxylic acids is 1. The molecular formula is C58H84N6O3. The van der Waals surface area contributed by atoms with Crippen molar-refractivity contribution in [3.63, 3.8) is 0 Å². The first-order chi connectivity index (χ1) is 32.0. The molecule has 8 rings (SSSR count). The summed E-state index contributed by atoms with van der Waals surface area (Å²) in [6, 6.07) is 27.9. The van der Waals surface area contributed by atoms with Crippen LogP contribution in [-0.2, 0) is 31.2 Å². The van der Waals surface area contributed by atoms with Crippen molar-refractivity contribution in [3.05, 3.63) is 95.1 Å². The maximum Gasteiger partial charge on any atom is 0.302 e. The van der Waals surface area contributed by atoms with Gasteiger partial charge in [-0.25, -0.2) is 9.97 Å². The third-order valence-electron chi connectivity index (χ3n) is 15.6. The smallest absolute Gasteiger partial charge is 0.302 e. The molecule has 2 saturated heterocycles. The molecule has 9 heteroatoms. The monoisotopic (exact) mass is 913 g/mol. The summed E-state index contributed by atoms with van der Waals surface area (Å²) in [5.74, 6) is 1.96. The summed E-state index contributed by atoms with van der Waals surface area (Å²) in [7, 11) is 0. The van der Waals surface area contributed by atoms with E-state index < -0.39 is 0 Å². The molecule has 67 heavy (non-hydrogen) atoms. The van der Waals surface area contributed by atoms with E-state index in [4.69, 9.17) is 19.8 Å². The van der Waals surface area contributed by atoms with Gasteiger partial charge in [-0.1, -0.05) is 91.8 Å². The molecule has 0 spiro atoms. The Morgan fingerprint density at radius 3 is 1.48 bits per heavy atom. The molecule has 4 heterocycles.